The maximum Gasteiger partial charge on any atom is 0.246 e. The third-order valence-electron chi connectivity index (χ3n) is 4.59. The van der Waals surface area contributed by atoms with Gasteiger partial charge in [-0.3, -0.25) is 4.79 Å². The van der Waals surface area contributed by atoms with Crippen molar-refractivity contribution in [3.05, 3.63) is 66.0 Å². The van der Waals surface area contributed by atoms with Crippen LogP contribution in [0.2, 0.25) is 0 Å². The second-order valence-electron chi connectivity index (χ2n) is 6.57. The summed E-state index contributed by atoms with van der Waals surface area (Å²) in [7, 11) is 0. The first kappa shape index (κ1) is 22.1. The number of amides is 1. The van der Waals surface area contributed by atoms with Crippen LogP contribution < -0.4 is 10.6 Å². The molecule has 3 rings (SSSR count). The van der Waals surface area contributed by atoms with Crippen molar-refractivity contribution >= 4 is 41.5 Å². The minimum absolute atomic E-state index is 0. The molecule has 0 bridgehead atoms. The van der Waals surface area contributed by atoms with E-state index in [0.29, 0.717) is 11.6 Å². The third-order valence-corrected chi connectivity index (χ3v) is 4.59. The van der Waals surface area contributed by atoms with Gasteiger partial charge in [0.05, 0.1) is 0 Å². The molecule has 0 aromatic heterocycles. The summed E-state index contributed by atoms with van der Waals surface area (Å²) in [6.45, 7) is 4.57. The standard InChI is InChI=1S/C21H25FN4O.HI/c1-2-23-21(24-14-20(27)25-19-10-8-18(22)9-11-19)26-13-12-17(15-26)16-6-4-3-5-7-16;/h3-11,17H,2,12-15H2,1H3,(H,23,24)(H,25,27);1H. The van der Waals surface area contributed by atoms with Crippen molar-refractivity contribution in [3.8, 4) is 0 Å². The van der Waals surface area contributed by atoms with Gasteiger partial charge in [0.25, 0.3) is 0 Å². The Morgan fingerprint density at radius 3 is 2.57 bits per heavy atom. The number of nitrogens with zero attached hydrogens (tertiary/aromatic N) is 2. The number of aliphatic imine (C=N–C) groups is 1. The van der Waals surface area contributed by atoms with Crippen LogP contribution in [-0.4, -0.2) is 42.9 Å². The van der Waals surface area contributed by atoms with E-state index in [1.54, 1.807) is 0 Å². The van der Waals surface area contributed by atoms with Gasteiger partial charge in [0, 0.05) is 31.2 Å². The number of hydrogen-bond donors (Lipinski definition) is 2. The molecule has 2 aromatic carbocycles. The Balaban J connectivity index is 0.00000280. The summed E-state index contributed by atoms with van der Waals surface area (Å²) in [6.07, 6.45) is 1.07. The molecule has 2 N–H and O–H groups in total. The molecular weight excluding hydrogens is 470 g/mol. The fourth-order valence-electron chi connectivity index (χ4n) is 3.26. The zero-order valence-electron chi connectivity index (χ0n) is 15.9. The van der Waals surface area contributed by atoms with Gasteiger partial charge in [-0.1, -0.05) is 30.3 Å². The van der Waals surface area contributed by atoms with Gasteiger partial charge in [0.2, 0.25) is 5.91 Å². The van der Waals surface area contributed by atoms with E-state index in [2.05, 4.69) is 44.8 Å². The molecule has 0 spiro atoms. The summed E-state index contributed by atoms with van der Waals surface area (Å²) in [5, 5.41) is 6.00. The molecule has 1 unspecified atom stereocenters. The van der Waals surface area contributed by atoms with Crippen molar-refractivity contribution in [1.82, 2.24) is 10.2 Å². The second kappa shape index (κ2) is 11.0. The molecule has 1 aliphatic heterocycles. The van der Waals surface area contributed by atoms with Crippen molar-refractivity contribution < 1.29 is 9.18 Å². The third kappa shape index (κ3) is 6.19. The molecular formula is C21H26FIN4O. The second-order valence-corrected chi connectivity index (χ2v) is 6.57. The van der Waals surface area contributed by atoms with Crippen molar-refractivity contribution in [2.24, 2.45) is 4.99 Å². The number of nitrogens with one attached hydrogen (secondary N) is 2. The zero-order chi connectivity index (χ0) is 19.1. The number of benzene rings is 2. The van der Waals surface area contributed by atoms with Gasteiger partial charge in [-0.15, -0.1) is 24.0 Å². The minimum Gasteiger partial charge on any atom is -0.357 e. The summed E-state index contributed by atoms with van der Waals surface area (Å²) in [6, 6.07) is 16.2. The highest BCUT2D eigenvalue weighted by Crippen LogP contribution is 2.26. The van der Waals surface area contributed by atoms with Crippen LogP contribution in [0.5, 0.6) is 0 Å². The maximum atomic E-state index is 12.9. The van der Waals surface area contributed by atoms with Gasteiger partial charge < -0.3 is 15.5 Å². The lowest BCUT2D eigenvalue weighted by molar-refractivity contribution is -0.114. The molecule has 0 radical (unpaired) electrons. The van der Waals surface area contributed by atoms with E-state index in [4.69, 9.17) is 0 Å². The number of likely N-dealkylation sites (tertiary alicyclic amines) is 1. The number of anilines is 1. The van der Waals surface area contributed by atoms with Crippen LogP contribution in [0.25, 0.3) is 0 Å². The Kier molecular flexibility index (Phi) is 8.69. The first-order valence-electron chi connectivity index (χ1n) is 9.29. The fourth-order valence-corrected chi connectivity index (χ4v) is 3.26. The van der Waals surface area contributed by atoms with E-state index >= 15 is 0 Å². The molecule has 5 nitrogen and oxygen atoms in total. The van der Waals surface area contributed by atoms with Crippen molar-refractivity contribution in [1.29, 1.82) is 0 Å². The number of halogens is 2. The molecule has 1 aliphatic rings. The Labute approximate surface area is 182 Å². The van der Waals surface area contributed by atoms with Crippen LogP contribution in [0.3, 0.4) is 0 Å². The van der Waals surface area contributed by atoms with Gasteiger partial charge >= 0.3 is 0 Å². The lowest BCUT2D eigenvalue weighted by atomic mass is 9.99. The van der Waals surface area contributed by atoms with E-state index in [9.17, 15) is 9.18 Å². The molecule has 2 aromatic rings. The van der Waals surface area contributed by atoms with Gasteiger partial charge in [-0.2, -0.15) is 0 Å². The largest absolute Gasteiger partial charge is 0.357 e. The molecule has 1 fully saturated rings. The smallest absolute Gasteiger partial charge is 0.246 e. The maximum absolute atomic E-state index is 12.9. The molecule has 0 saturated carbocycles. The number of hydrogen-bond acceptors (Lipinski definition) is 2. The Morgan fingerprint density at radius 2 is 1.89 bits per heavy atom. The molecule has 1 saturated heterocycles. The first-order valence-corrected chi connectivity index (χ1v) is 9.29. The average Bonchev–Trinajstić information content (AvgIpc) is 3.18. The summed E-state index contributed by atoms with van der Waals surface area (Å²) < 4.78 is 12.9. The Morgan fingerprint density at radius 1 is 1.18 bits per heavy atom. The summed E-state index contributed by atoms with van der Waals surface area (Å²) in [5.74, 6) is 0.673. The molecule has 28 heavy (non-hydrogen) atoms. The highest BCUT2D eigenvalue weighted by molar-refractivity contribution is 14.0. The van der Waals surface area contributed by atoms with E-state index in [0.717, 1.165) is 32.0 Å². The molecule has 7 heteroatoms. The van der Waals surface area contributed by atoms with E-state index in [-0.39, 0.29) is 42.2 Å². The zero-order valence-corrected chi connectivity index (χ0v) is 18.2. The van der Waals surface area contributed by atoms with Crippen molar-refractivity contribution in [2.75, 3.05) is 31.5 Å². The van der Waals surface area contributed by atoms with Gasteiger partial charge in [0.15, 0.2) is 5.96 Å². The average molecular weight is 496 g/mol. The van der Waals surface area contributed by atoms with E-state index in [1.165, 1.54) is 29.8 Å². The predicted octanol–water partition coefficient (Wildman–Crippen LogP) is 3.84. The minimum atomic E-state index is -0.331. The number of rotatable bonds is 5. The van der Waals surface area contributed by atoms with E-state index < -0.39 is 0 Å². The molecule has 1 atom stereocenters. The van der Waals surface area contributed by atoms with Crippen LogP contribution in [0.4, 0.5) is 10.1 Å². The number of carbonyl (C=O) groups excluding carboxylic acids is 1. The SMILES string of the molecule is CCNC(=NCC(=O)Nc1ccc(F)cc1)N1CCC(c2ccccc2)C1.I. The van der Waals surface area contributed by atoms with Crippen LogP contribution in [-0.2, 0) is 4.79 Å². The molecule has 150 valence electrons. The van der Waals surface area contributed by atoms with Crippen LogP contribution in [0.15, 0.2) is 59.6 Å². The van der Waals surface area contributed by atoms with E-state index in [1.807, 2.05) is 13.0 Å². The quantitative estimate of drug-likeness (QED) is 0.376. The fraction of sp³-hybridized carbons (Fsp3) is 0.333. The van der Waals surface area contributed by atoms with Gasteiger partial charge in [0.1, 0.15) is 12.4 Å². The van der Waals surface area contributed by atoms with Gasteiger partial charge in [-0.05, 0) is 43.2 Å². The monoisotopic (exact) mass is 496 g/mol. The molecule has 1 heterocycles. The summed E-state index contributed by atoms with van der Waals surface area (Å²) in [5.41, 5.74) is 1.90. The van der Waals surface area contributed by atoms with Crippen LogP contribution >= 0.6 is 24.0 Å². The predicted molar refractivity (Wildman–Crippen MR) is 122 cm³/mol. The normalized spacial score (nSPS) is 16.4. The van der Waals surface area contributed by atoms with Crippen LogP contribution in [0.1, 0.15) is 24.8 Å². The van der Waals surface area contributed by atoms with Crippen molar-refractivity contribution in [2.45, 2.75) is 19.3 Å². The van der Waals surface area contributed by atoms with Crippen molar-refractivity contribution in [3.63, 3.8) is 0 Å². The lowest BCUT2D eigenvalue weighted by Crippen LogP contribution is -2.40. The molecule has 0 aliphatic carbocycles. The highest BCUT2D eigenvalue weighted by Gasteiger charge is 2.26. The van der Waals surface area contributed by atoms with Gasteiger partial charge in [-0.25, -0.2) is 9.38 Å². The summed E-state index contributed by atoms with van der Waals surface area (Å²) >= 11 is 0. The van der Waals surface area contributed by atoms with Crippen LogP contribution in [0, 0.1) is 5.82 Å². The Hall–Kier alpha value is -2.16. The summed E-state index contributed by atoms with van der Waals surface area (Å²) in [4.78, 5) is 18.8. The number of carbonyl (C=O) groups is 1. The first-order chi connectivity index (χ1) is 13.2. The topological polar surface area (TPSA) is 56.7 Å². The highest BCUT2D eigenvalue weighted by atomic mass is 127. The lowest BCUT2D eigenvalue weighted by Gasteiger charge is -2.21. The number of guanidine groups is 1. The molecule has 1 amide bonds. The Bertz CT molecular complexity index is 783.